The summed E-state index contributed by atoms with van der Waals surface area (Å²) in [6, 6.07) is 7.73. The molecule has 1 aromatic carbocycles. The van der Waals surface area contributed by atoms with Gasteiger partial charge in [-0.3, -0.25) is 5.32 Å². The van der Waals surface area contributed by atoms with Crippen LogP contribution < -0.4 is 5.32 Å². The number of nitrogens with one attached hydrogen (secondary N) is 1. The van der Waals surface area contributed by atoms with E-state index in [4.69, 9.17) is 4.74 Å². The first-order valence-corrected chi connectivity index (χ1v) is 9.23. The zero-order valence-corrected chi connectivity index (χ0v) is 14.9. The van der Waals surface area contributed by atoms with Crippen molar-refractivity contribution in [2.24, 2.45) is 0 Å². The number of ether oxygens (including phenoxy) is 1. The Bertz CT molecular complexity index is 431. The Hall–Kier alpha value is -1.51. The van der Waals surface area contributed by atoms with Gasteiger partial charge in [-0.15, -0.1) is 0 Å². The molecular formula is C20H33NO2. The molecule has 0 atom stereocenters. The van der Waals surface area contributed by atoms with Gasteiger partial charge >= 0.3 is 6.09 Å². The second-order valence-electron chi connectivity index (χ2n) is 6.31. The minimum absolute atomic E-state index is 0.355. The number of rotatable bonds is 12. The van der Waals surface area contributed by atoms with Crippen LogP contribution in [0.2, 0.25) is 0 Å². The Morgan fingerprint density at radius 1 is 0.957 bits per heavy atom. The number of carbonyl (C=O) groups is 1. The normalized spacial score (nSPS) is 10.5. The number of amides is 1. The van der Waals surface area contributed by atoms with Gasteiger partial charge in [0.1, 0.15) is 0 Å². The predicted molar refractivity (Wildman–Crippen MR) is 98.0 cm³/mol. The topological polar surface area (TPSA) is 38.3 Å². The van der Waals surface area contributed by atoms with Crippen LogP contribution in [0, 0.1) is 6.92 Å². The quantitative estimate of drug-likeness (QED) is 0.449. The summed E-state index contributed by atoms with van der Waals surface area (Å²) in [6.07, 6.45) is 12.5. The van der Waals surface area contributed by atoms with Gasteiger partial charge in [0.05, 0.1) is 6.61 Å². The lowest BCUT2D eigenvalue weighted by atomic mass is 10.1. The molecule has 0 aliphatic rings. The molecule has 0 bridgehead atoms. The van der Waals surface area contributed by atoms with Gasteiger partial charge in [-0.25, -0.2) is 4.79 Å². The van der Waals surface area contributed by atoms with E-state index in [9.17, 15) is 4.79 Å². The van der Waals surface area contributed by atoms with E-state index >= 15 is 0 Å². The van der Waals surface area contributed by atoms with E-state index in [-0.39, 0.29) is 6.09 Å². The lowest BCUT2D eigenvalue weighted by molar-refractivity contribution is 0.159. The monoisotopic (exact) mass is 319 g/mol. The van der Waals surface area contributed by atoms with Gasteiger partial charge < -0.3 is 4.74 Å². The van der Waals surface area contributed by atoms with Crippen molar-refractivity contribution >= 4 is 11.8 Å². The lowest BCUT2D eigenvalue weighted by Gasteiger charge is -2.07. The SMILES string of the molecule is CCCCCCCCCCCCOC(=O)Nc1cccc(C)c1. The molecule has 1 amide bonds. The lowest BCUT2D eigenvalue weighted by Crippen LogP contribution is -2.14. The molecule has 0 aliphatic carbocycles. The predicted octanol–water partition coefficient (Wildman–Crippen LogP) is 6.46. The summed E-state index contributed by atoms with van der Waals surface area (Å²) < 4.78 is 5.21. The van der Waals surface area contributed by atoms with E-state index < -0.39 is 0 Å². The van der Waals surface area contributed by atoms with Crippen LogP contribution in [0.1, 0.15) is 76.7 Å². The molecule has 0 fully saturated rings. The van der Waals surface area contributed by atoms with Crippen molar-refractivity contribution < 1.29 is 9.53 Å². The summed E-state index contributed by atoms with van der Waals surface area (Å²) in [7, 11) is 0. The van der Waals surface area contributed by atoms with Gasteiger partial charge in [0, 0.05) is 5.69 Å². The maximum absolute atomic E-state index is 11.7. The van der Waals surface area contributed by atoms with Crippen molar-refractivity contribution in [2.45, 2.75) is 78.1 Å². The summed E-state index contributed by atoms with van der Waals surface area (Å²) in [5.74, 6) is 0. The number of hydrogen-bond donors (Lipinski definition) is 1. The molecule has 130 valence electrons. The summed E-state index contributed by atoms with van der Waals surface area (Å²) in [5.41, 5.74) is 1.91. The molecule has 0 radical (unpaired) electrons. The molecule has 1 N–H and O–H groups in total. The van der Waals surface area contributed by atoms with Crippen LogP contribution in [0.5, 0.6) is 0 Å². The number of anilines is 1. The average molecular weight is 319 g/mol. The summed E-state index contributed by atoms with van der Waals surface area (Å²) in [5, 5.41) is 2.76. The first-order valence-electron chi connectivity index (χ1n) is 9.23. The van der Waals surface area contributed by atoms with Crippen LogP contribution in [0.25, 0.3) is 0 Å². The van der Waals surface area contributed by atoms with Gasteiger partial charge in [0.15, 0.2) is 0 Å². The molecular weight excluding hydrogens is 286 g/mol. The molecule has 0 unspecified atom stereocenters. The highest BCUT2D eigenvalue weighted by Gasteiger charge is 2.02. The summed E-state index contributed by atoms with van der Waals surface area (Å²) in [6.45, 7) is 4.76. The third kappa shape index (κ3) is 10.8. The number of unbranched alkanes of at least 4 members (excludes halogenated alkanes) is 9. The fraction of sp³-hybridized carbons (Fsp3) is 0.650. The van der Waals surface area contributed by atoms with E-state index in [2.05, 4.69) is 12.2 Å². The number of carbonyl (C=O) groups excluding carboxylic acids is 1. The van der Waals surface area contributed by atoms with Crippen LogP contribution in [-0.4, -0.2) is 12.7 Å². The summed E-state index contributed by atoms with van der Waals surface area (Å²) >= 11 is 0. The maximum Gasteiger partial charge on any atom is 0.411 e. The molecule has 0 saturated heterocycles. The zero-order chi connectivity index (χ0) is 16.8. The fourth-order valence-corrected chi connectivity index (χ4v) is 2.63. The van der Waals surface area contributed by atoms with Crippen molar-refractivity contribution in [1.82, 2.24) is 0 Å². The third-order valence-corrected chi connectivity index (χ3v) is 4.00. The largest absolute Gasteiger partial charge is 0.449 e. The molecule has 0 aromatic heterocycles. The molecule has 23 heavy (non-hydrogen) atoms. The van der Waals surface area contributed by atoms with E-state index in [0.717, 1.165) is 24.1 Å². The van der Waals surface area contributed by atoms with Gasteiger partial charge in [0.25, 0.3) is 0 Å². The zero-order valence-electron chi connectivity index (χ0n) is 14.9. The number of aryl methyl sites for hydroxylation is 1. The van der Waals surface area contributed by atoms with Crippen LogP contribution >= 0.6 is 0 Å². The third-order valence-electron chi connectivity index (χ3n) is 4.00. The Balaban J connectivity index is 1.91. The van der Waals surface area contributed by atoms with Gasteiger partial charge in [-0.05, 0) is 31.0 Å². The van der Waals surface area contributed by atoms with Crippen molar-refractivity contribution in [3.8, 4) is 0 Å². The van der Waals surface area contributed by atoms with Crippen molar-refractivity contribution in [3.63, 3.8) is 0 Å². The van der Waals surface area contributed by atoms with E-state index in [0.29, 0.717) is 6.61 Å². The molecule has 1 rings (SSSR count). The maximum atomic E-state index is 11.7. The molecule has 0 spiro atoms. The second kappa shape index (κ2) is 13.0. The van der Waals surface area contributed by atoms with Crippen LogP contribution in [0.4, 0.5) is 10.5 Å². The van der Waals surface area contributed by atoms with Gasteiger partial charge in [0.2, 0.25) is 0 Å². The Morgan fingerprint density at radius 2 is 1.57 bits per heavy atom. The number of hydrogen-bond acceptors (Lipinski definition) is 2. The van der Waals surface area contributed by atoms with Crippen LogP contribution in [0.3, 0.4) is 0 Å². The van der Waals surface area contributed by atoms with E-state index in [1.54, 1.807) is 0 Å². The second-order valence-corrected chi connectivity index (χ2v) is 6.31. The fourth-order valence-electron chi connectivity index (χ4n) is 2.63. The van der Waals surface area contributed by atoms with Gasteiger partial charge in [-0.1, -0.05) is 76.8 Å². The van der Waals surface area contributed by atoms with E-state index in [1.807, 2.05) is 31.2 Å². The van der Waals surface area contributed by atoms with Crippen LogP contribution in [-0.2, 0) is 4.74 Å². The van der Waals surface area contributed by atoms with Gasteiger partial charge in [-0.2, -0.15) is 0 Å². The smallest absolute Gasteiger partial charge is 0.411 e. The Morgan fingerprint density at radius 3 is 2.17 bits per heavy atom. The highest BCUT2D eigenvalue weighted by Crippen LogP contribution is 2.11. The number of benzene rings is 1. The first kappa shape index (κ1) is 19.5. The Kier molecular flexibility index (Phi) is 11.0. The minimum atomic E-state index is -0.355. The highest BCUT2D eigenvalue weighted by atomic mass is 16.5. The van der Waals surface area contributed by atoms with Crippen molar-refractivity contribution in [3.05, 3.63) is 29.8 Å². The standard InChI is InChI=1S/C20H33NO2/c1-3-4-5-6-7-8-9-10-11-12-16-23-20(22)21-19-15-13-14-18(2)17-19/h13-15,17H,3-12,16H2,1-2H3,(H,21,22). The molecule has 0 heterocycles. The molecule has 0 aliphatic heterocycles. The molecule has 3 heteroatoms. The van der Waals surface area contributed by atoms with Crippen molar-refractivity contribution in [2.75, 3.05) is 11.9 Å². The first-order chi connectivity index (χ1) is 11.2. The Labute approximate surface area is 141 Å². The molecule has 0 saturated carbocycles. The molecule has 3 nitrogen and oxygen atoms in total. The molecule has 1 aromatic rings. The van der Waals surface area contributed by atoms with Crippen molar-refractivity contribution in [1.29, 1.82) is 0 Å². The minimum Gasteiger partial charge on any atom is -0.449 e. The average Bonchev–Trinajstić information content (AvgIpc) is 2.52. The van der Waals surface area contributed by atoms with Crippen LogP contribution in [0.15, 0.2) is 24.3 Å². The highest BCUT2D eigenvalue weighted by molar-refractivity contribution is 5.84. The summed E-state index contributed by atoms with van der Waals surface area (Å²) in [4.78, 5) is 11.7. The van der Waals surface area contributed by atoms with E-state index in [1.165, 1.54) is 51.4 Å².